The molecular weight excluding hydrogens is 328 g/mol. The SMILES string of the molecule is CCC(NC(=O)C1CCC(NC(=O)c2ccsc2)CC1)C(=O)OC. The topological polar surface area (TPSA) is 84.5 Å². The lowest BCUT2D eigenvalue weighted by Crippen LogP contribution is -2.46. The van der Waals surface area contributed by atoms with Gasteiger partial charge in [-0.2, -0.15) is 11.3 Å². The third-order valence-electron chi connectivity index (χ3n) is 4.43. The Bertz CT molecular complexity index is 565. The molecule has 1 saturated carbocycles. The molecule has 1 atom stereocenters. The van der Waals surface area contributed by atoms with Crippen molar-refractivity contribution in [1.29, 1.82) is 0 Å². The number of hydrogen-bond donors (Lipinski definition) is 2. The summed E-state index contributed by atoms with van der Waals surface area (Å²) < 4.78 is 4.69. The Morgan fingerprint density at radius 3 is 2.54 bits per heavy atom. The van der Waals surface area contributed by atoms with E-state index in [1.54, 1.807) is 6.07 Å². The van der Waals surface area contributed by atoms with E-state index in [0.29, 0.717) is 24.8 Å². The van der Waals surface area contributed by atoms with E-state index < -0.39 is 12.0 Å². The molecule has 1 aliphatic carbocycles. The Kier molecular flexibility index (Phi) is 6.78. The summed E-state index contributed by atoms with van der Waals surface area (Å²) in [5, 5.41) is 9.49. The van der Waals surface area contributed by atoms with Crippen LogP contribution in [0.15, 0.2) is 16.8 Å². The zero-order valence-corrected chi connectivity index (χ0v) is 14.9. The lowest BCUT2D eigenvalue weighted by Gasteiger charge is -2.29. The predicted octanol–water partition coefficient (Wildman–Crippen LogP) is 2.10. The fourth-order valence-corrected chi connectivity index (χ4v) is 3.56. The molecular formula is C17H24N2O4S. The molecule has 2 rings (SSSR count). The normalized spacial score (nSPS) is 21.6. The van der Waals surface area contributed by atoms with Crippen LogP contribution in [-0.2, 0) is 14.3 Å². The van der Waals surface area contributed by atoms with Gasteiger partial charge in [-0.05, 0) is 43.6 Å². The number of nitrogens with one attached hydrogen (secondary N) is 2. The average Bonchev–Trinajstić information content (AvgIpc) is 3.14. The molecule has 1 aromatic heterocycles. The lowest BCUT2D eigenvalue weighted by molar-refractivity contribution is -0.145. The molecule has 6 nitrogen and oxygen atoms in total. The maximum Gasteiger partial charge on any atom is 0.328 e. The first kappa shape index (κ1) is 18.4. The highest BCUT2D eigenvalue weighted by Gasteiger charge is 2.29. The van der Waals surface area contributed by atoms with Crippen LogP contribution in [0.3, 0.4) is 0 Å². The van der Waals surface area contributed by atoms with Crippen LogP contribution in [0.5, 0.6) is 0 Å². The van der Waals surface area contributed by atoms with Crippen LogP contribution in [-0.4, -0.2) is 37.0 Å². The van der Waals surface area contributed by atoms with E-state index in [-0.39, 0.29) is 23.8 Å². The Morgan fingerprint density at radius 2 is 2.00 bits per heavy atom. The number of ether oxygens (including phenoxy) is 1. The molecule has 132 valence electrons. The summed E-state index contributed by atoms with van der Waals surface area (Å²) >= 11 is 1.49. The van der Waals surface area contributed by atoms with Gasteiger partial charge in [0.1, 0.15) is 6.04 Å². The highest BCUT2D eigenvalue weighted by Crippen LogP contribution is 2.25. The third kappa shape index (κ3) is 4.80. The van der Waals surface area contributed by atoms with Crippen molar-refractivity contribution in [2.45, 2.75) is 51.1 Å². The number of thiophene rings is 1. The molecule has 0 aliphatic heterocycles. The smallest absolute Gasteiger partial charge is 0.328 e. The van der Waals surface area contributed by atoms with E-state index in [1.807, 2.05) is 17.7 Å². The summed E-state index contributed by atoms with van der Waals surface area (Å²) in [5.41, 5.74) is 0.684. The van der Waals surface area contributed by atoms with Gasteiger partial charge in [-0.25, -0.2) is 4.79 Å². The quantitative estimate of drug-likeness (QED) is 0.768. The molecule has 2 amide bonds. The Labute approximate surface area is 146 Å². The molecule has 0 spiro atoms. The van der Waals surface area contributed by atoms with E-state index in [4.69, 9.17) is 0 Å². The summed E-state index contributed by atoms with van der Waals surface area (Å²) in [6, 6.07) is 1.32. The Balaban J connectivity index is 1.78. The maximum absolute atomic E-state index is 12.3. The van der Waals surface area contributed by atoms with Crippen molar-refractivity contribution < 1.29 is 19.1 Å². The third-order valence-corrected chi connectivity index (χ3v) is 5.11. The molecule has 2 N–H and O–H groups in total. The summed E-state index contributed by atoms with van der Waals surface area (Å²) in [7, 11) is 1.32. The largest absolute Gasteiger partial charge is 0.467 e. The van der Waals surface area contributed by atoms with Crippen molar-refractivity contribution in [3.8, 4) is 0 Å². The zero-order chi connectivity index (χ0) is 17.5. The molecule has 1 fully saturated rings. The summed E-state index contributed by atoms with van der Waals surface area (Å²) in [6.07, 6.45) is 3.45. The molecule has 1 aliphatic rings. The number of hydrogen-bond acceptors (Lipinski definition) is 5. The maximum atomic E-state index is 12.3. The summed E-state index contributed by atoms with van der Waals surface area (Å²) in [4.78, 5) is 35.9. The zero-order valence-electron chi connectivity index (χ0n) is 14.0. The number of carbonyl (C=O) groups is 3. The molecule has 0 radical (unpaired) electrons. The fraction of sp³-hybridized carbons (Fsp3) is 0.588. The fourth-order valence-electron chi connectivity index (χ4n) is 2.92. The molecule has 1 unspecified atom stereocenters. The van der Waals surface area contributed by atoms with Crippen molar-refractivity contribution >= 4 is 29.1 Å². The number of carbonyl (C=O) groups excluding carboxylic acids is 3. The van der Waals surface area contributed by atoms with E-state index in [2.05, 4.69) is 15.4 Å². The molecule has 1 aromatic rings. The van der Waals surface area contributed by atoms with Gasteiger partial charge >= 0.3 is 5.97 Å². The van der Waals surface area contributed by atoms with E-state index in [1.165, 1.54) is 18.4 Å². The van der Waals surface area contributed by atoms with Gasteiger partial charge in [0.25, 0.3) is 5.91 Å². The number of esters is 1. The number of rotatable bonds is 6. The van der Waals surface area contributed by atoms with Crippen molar-refractivity contribution in [1.82, 2.24) is 10.6 Å². The standard InChI is InChI=1S/C17H24N2O4S/c1-3-14(17(22)23-2)19-15(20)11-4-6-13(7-5-11)18-16(21)12-8-9-24-10-12/h8-11,13-14H,3-7H2,1-2H3,(H,18,21)(H,19,20). The molecule has 7 heteroatoms. The van der Waals surface area contributed by atoms with Crippen molar-refractivity contribution in [2.75, 3.05) is 7.11 Å². The minimum Gasteiger partial charge on any atom is -0.467 e. The number of methoxy groups -OCH3 is 1. The van der Waals surface area contributed by atoms with Crippen LogP contribution >= 0.6 is 11.3 Å². The highest BCUT2D eigenvalue weighted by atomic mass is 32.1. The summed E-state index contributed by atoms with van der Waals surface area (Å²) in [6.45, 7) is 1.83. The van der Waals surface area contributed by atoms with Gasteiger partial charge in [-0.1, -0.05) is 6.92 Å². The van der Waals surface area contributed by atoms with E-state index in [0.717, 1.165) is 12.8 Å². The number of amides is 2. The lowest BCUT2D eigenvalue weighted by atomic mass is 9.85. The first-order valence-corrected chi connectivity index (χ1v) is 9.20. The van der Waals surface area contributed by atoms with E-state index in [9.17, 15) is 14.4 Å². The van der Waals surface area contributed by atoms with Crippen LogP contribution in [0, 0.1) is 5.92 Å². The van der Waals surface area contributed by atoms with Crippen molar-refractivity contribution in [2.24, 2.45) is 5.92 Å². The molecule has 24 heavy (non-hydrogen) atoms. The molecule has 1 heterocycles. The minimum absolute atomic E-state index is 0.0547. The summed E-state index contributed by atoms with van der Waals surface area (Å²) in [5.74, 6) is -0.684. The first-order chi connectivity index (χ1) is 11.5. The predicted molar refractivity (Wildman–Crippen MR) is 91.8 cm³/mol. The van der Waals surface area contributed by atoms with Crippen LogP contribution < -0.4 is 10.6 Å². The second-order valence-electron chi connectivity index (χ2n) is 6.03. The van der Waals surface area contributed by atoms with Crippen LogP contribution in [0.2, 0.25) is 0 Å². The van der Waals surface area contributed by atoms with Crippen LogP contribution in [0.1, 0.15) is 49.4 Å². The monoisotopic (exact) mass is 352 g/mol. The Hall–Kier alpha value is -1.89. The van der Waals surface area contributed by atoms with E-state index >= 15 is 0 Å². The van der Waals surface area contributed by atoms with Gasteiger partial charge in [-0.3, -0.25) is 9.59 Å². The average molecular weight is 352 g/mol. The van der Waals surface area contributed by atoms with Gasteiger partial charge in [0.15, 0.2) is 0 Å². The van der Waals surface area contributed by atoms with Gasteiger partial charge in [-0.15, -0.1) is 0 Å². The highest BCUT2D eigenvalue weighted by molar-refractivity contribution is 7.08. The van der Waals surface area contributed by atoms with Gasteiger partial charge in [0.05, 0.1) is 7.11 Å². The molecule has 0 aromatic carbocycles. The minimum atomic E-state index is -0.585. The Morgan fingerprint density at radius 1 is 1.29 bits per heavy atom. The van der Waals surface area contributed by atoms with Crippen LogP contribution in [0.25, 0.3) is 0 Å². The van der Waals surface area contributed by atoms with Gasteiger partial charge < -0.3 is 15.4 Å². The van der Waals surface area contributed by atoms with Crippen molar-refractivity contribution in [3.05, 3.63) is 22.4 Å². The van der Waals surface area contributed by atoms with Gasteiger partial charge in [0.2, 0.25) is 5.91 Å². The van der Waals surface area contributed by atoms with Crippen molar-refractivity contribution in [3.63, 3.8) is 0 Å². The second kappa shape index (κ2) is 8.82. The molecule has 0 saturated heterocycles. The second-order valence-corrected chi connectivity index (χ2v) is 6.81. The van der Waals surface area contributed by atoms with Crippen LogP contribution in [0.4, 0.5) is 0 Å². The first-order valence-electron chi connectivity index (χ1n) is 8.26. The van der Waals surface area contributed by atoms with Gasteiger partial charge in [0, 0.05) is 22.9 Å². The molecule has 0 bridgehead atoms.